The predicted octanol–water partition coefficient (Wildman–Crippen LogP) is 5.55. The number of benzene rings is 4. The van der Waals surface area contributed by atoms with Crippen LogP contribution in [0.25, 0.3) is 32.3 Å². The molecule has 0 aliphatic rings. The molecule has 2 nitrogen and oxygen atoms in total. The summed E-state index contributed by atoms with van der Waals surface area (Å²) in [5, 5.41) is 16.4. The smallest absolute Gasteiger partial charge is 0.303 e. The molecule has 0 aromatic heterocycles. The van der Waals surface area contributed by atoms with Crippen molar-refractivity contribution in [2.24, 2.45) is 0 Å². The highest BCUT2D eigenvalue weighted by atomic mass is 16.4. The molecule has 0 unspecified atom stereocenters. The van der Waals surface area contributed by atoms with Crippen LogP contribution in [0.4, 0.5) is 0 Å². The molecule has 2 heteroatoms. The summed E-state index contributed by atoms with van der Waals surface area (Å²) in [5.41, 5.74) is 1.24. The van der Waals surface area contributed by atoms with Gasteiger partial charge >= 0.3 is 5.97 Å². The topological polar surface area (TPSA) is 37.3 Å². The van der Waals surface area contributed by atoms with Crippen molar-refractivity contribution in [1.29, 1.82) is 0 Å². The fraction of sp³-hybridized carbons (Fsp3) is 0.136. The highest BCUT2D eigenvalue weighted by molar-refractivity contribution is 6.18. The number of carbonyl (C=O) groups is 1. The van der Waals surface area contributed by atoms with Gasteiger partial charge in [-0.25, -0.2) is 0 Å². The fourth-order valence-electron chi connectivity index (χ4n) is 3.60. The number of aliphatic carboxylic acids is 1. The SMILES string of the molecule is O=C(O)CCCc1cc2ccccc2c2ccc3ccccc3c12. The summed E-state index contributed by atoms with van der Waals surface area (Å²) in [6, 6.07) is 23.4. The number of hydrogen-bond acceptors (Lipinski definition) is 1. The molecule has 1 N–H and O–H groups in total. The average molecular weight is 314 g/mol. The van der Waals surface area contributed by atoms with Gasteiger partial charge < -0.3 is 5.11 Å². The van der Waals surface area contributed by atoms with E-state index in [-0.39, 0.29) is 6.42 Å². The van der Waals surface area contributed by atoms with Crippen molar-refractivity contribution >= 4 is 38.3 Å². The van der Waals surface area contributed by atoms with E-state index in [1.165, 1.54) is 37.9 Å². The van der Waals surface area contributed by atoms with E-state index in [1.807, 2.05) is 0 Å². The number of carboxylic acids is 1. The van der Waals surface area contributed by atoms with Crippen LogP contribution in [0.3, 0.4) is 0 Å². The molecule has 0 saturated heterocycles. The number of fused-ring (bicyclic) bond motifs is 5. The molecule has 0 aliphatic heterocycles. The van der Waals surface area contributed by atoms with Crippen LogP contribution in [0.5, 0.6) is 0 Å². The monoisotopic (exact) mass is 314 g/mol. The number of aryl methyl sites for hydroxylation is 1. The van der Waals surface area contributed by atoms with Gasteiger partial charge in [-0.05, 0) is 50.7 Å². The molecule has 0 amide bonds. The molecule has 4 aromatic rings. The van der Waals surface area contributed by atoms with Crippen molar-refractivity contribution in [3.8, 4) is 0 Å². The lowest BCUT2D eigenvalue weighted by Crippen LogP contribution is -1.97. The van der Waals surface area contributed by atoms with E-state index >= 15 is 0 Å². The van der Waals surface area contributed by atoms with Gasteiger partial charge in [-0.1, -0.05) is 66.7 Å². The van der Waals surface area contributed by atoms with Crippen LogP contribution in [0.15, 0.2) is 66.7 Å². The van der Waals surface area contributed by atoms with E-state index < -0.39 is 5.97 Å². The van der Waals surface area contributed by atoms with Crippen LogP contribution in [0.2, 0.25) is 0 Å². The summed E-state index contributed by atoms with van der Waals surface area (Å²) < 4.78 is 0. The van der Waals surface area contributed by atoms with Crippen molar-refractivity contribution in [2.45, 2.75) is 19.3 Å². The first-order valence-corrected chi connectivity index (χ1v) is 8.28. The Balaban J connectivity index is 2.02. The molecule has 0 aliphatic carbocycles. The van der Waals surface area contributed by atoms with E-state index in [0.29, 0.717) is 6.42 Å². The molecule has 4 rings (SSSR count). The van der Waals surface area contributed by atoms with Gasteiger partial charge in [-0.3, -0.25) is 4.79 Å². The lowest BCUT2D eigenvalue weighted by Gasteiger charge is -2.13. The molecule has 0 spiro atoms. The minimum absolute atomic E-state index is 0.207. The Kier molecular flexibility index (Phi) is 3.66. The van der Waals surface area contributed by atoms with Crippen LogP contribution in [-0.4, -0.2) is 11.1 Å². The van der Waals surface area contributed by atoms with Gasteiger partial charge in [0.1, 0.15) is 0 Å². The van der Waals surface area contributed by atoms with Crippen LogP contribution in [0.1, 0.15) is 18.4 Å². The highest BCUT2D eigenvalue weighted by Gasteiger charge is 2.10. The van der Waals surface area contributed by atoms with Crippen molar-refractivity contribution < 1.29 is 9.90 Å². The lowest BCUT2D eigenvalue weighted by atomic mass is 9.91. The number of carboxylic acid groups (broad SMARTS) is 1. The predicted molar refractivity (Wildman–Crippen MR) is 99.5 cm³/mol. The van der Waals surface area contributed by atoms with E-state index in [1.54, 1.807) is 0 Å². The molecule has 0 radical (unpaired) electrons. The van der Waals surface area contributed by atoms with E-state index in [0.717, 1.165) is 6.42 Å². The van der Waals surface area contributed by atoms with Gasteiger partial charge in [-0.2, -0.15) is 0 Å². The Morgan fingerprint density at radius 3 is 2.29 bits per heavy atom. The third kappa shape index (κ3) is 2.50. The van der Waals surface area contributed by atoms with Crippen molar-refractivity contribution in [3.05, 3.63) is 72.3 Å². The van der Waals surface area contributed by atoms with E-state index in [4.69, 9.17) is 5.11 Å². The maximum Gasteiger partial charge on any atom is 0.303 e. The first kappa shape index (κ1) is 14.7. The third-order valence-electron chi connectivity index (χ3n) is 4.67. The van der Waals surface area contributed by atoms with Gasteiger partial charge in [-0.15, -0.1) is 0 Å². The van der Waals surface area contributed by atoms with Crippen LogP contribution < -0.4 is 0 Å². The molecule has 0 atom stereocenters. The van der Waals surface area contributed by atoms with E-state index in [2.05, 4.69) is 66.7 Å². The highest BCUT2D eigenvalue weighted by Crippen LogP contribution is 2.34. The Labute approximate surface area is 140 Å². The minimum atomic E-state index is -0.732. The molecular weight excluding hydrogens is 296 g/mol. The summed E-state index contributed by atoms with van der Waals surface area (Å²) in [4.78, 5) is 10.9. The largest absolute Gasteiger partial charge is 0.481 e. The molecule has 118 valence electrons. The zero-order valence-corrected chi connectivity index (χ0v) is 13.3. The van der Waals surface area contributed by atoms with Gasteiger partial charge in [0.2, 0.25) is 0 Å². The van der Waals surface area contributed by atoms with Crippen LogP contribution >= 0.6 is 0 Å². The van der Waals surface area contributed by atoms with Gasteiger partial charge in [0.15, 0.2) is 0 Å². The molecule has 4 aromatic carbocycles. The zero-order valence-electron chi connectivity index (χ0n) is 13.3. The molecule has 0 bridgehead atoms. The van der Waals surface area contributed by atoms with Gasteiger partial charge in [0.25, 0.3) is 0 Å². The molecule has 0 saturated carbocycles. The summed E-state index contributed by atoms with van der Waals surface area (Å²) in [5.74, 6) is -0.732. The Bertz CT molecular complexity index is 1060. The number of hydrogen-bond donors (Lipinski definition) is 1. The first-order chi connectivity index (χ1) is 11.7. The maximum absolute atomic E-state index is 10.9. The maximum atomic E-state index is 10.9. The summed E-state index contributed by atoms with van der Waals surface area (Å²) in [6.07, 6.45) is 1.65. The lowest BCUT2D eigenvalue weighted by molar-refractivity contribution is -0.137. The molecule has 24 heavy (non-hydrogen) atoms. The summed E-state index contributed by atoms with van der Waals surface area (Å²) in [6.45, 7) is 0. The summed E-state index contributed by atoms with van der Waals surface area (Å²) in [7, 11) is 0. The fourth-order valence-corrected chi connectivity index (χ4v) is 3.60. The Hall–Kier alpha value is -2.87. The van der Waals surface area contributed by atoms with Crippen LogP contribution in [-0.2, 0) is 11.2 Å². The standard InChI is InChI=1S/C22H18O2/c23-21(24)11-5-8-17-14-16-7-2-3-9-18(16)20-13-12-15-6-1-4-10-19(15)22(17)20/h1-4,6-7,9-10,12-14H,5,8,11H2,(H,23,24). The Morgan fingerprint density at radius 1 is 0.792 bits per heavy atom. The van der Waals surface area contributed by atoms with Crippen molar-refractivity contribution in [3.63, 3.8) is 0 Å². The first-order valence-electron chi connectivity index (χ1n) is 8.28. The molecular formula is C22H18O2. The normalized spacial score (nSPS) is 11.3. The zero-order chi connectivity index (χ0) is 16.5. The molecule has 0 heterocycles. The van der Waals surface area contributed by atoms with E-state index in [9.17, 15) is 4.79 Å². The quantitative estimate of drug-likeness (QED) is 0.501. The van der Waals surface area contributed by atoms with Crippen molar-refractivity contribution in [2.75, 3.05) is 0 Å². The number of rotatable bonds is 4. The van der Waals surface area contributed by atoms with Gasteiger partial charge in [0.05, 0.1) is 0 Å². The van der Waals surface area contributed by atoms with Gasteiger partial charge in [0, 0.05) is 6.42 Å². The summed E-state index contributed by atoms with van der Waals surface area (Å²) >= 11 is 0. The third-order valence-corrected chi connectivity index (χ3v) is 4.67. The second-order valence-corrected chi connectivity index (χ2v) is 6.21. The second kappa shape index (κ2) is 5.97. The molecule has 0 fully saturated rings. The van der Waals surface area contributed by atoms with Crippen molar-refractivity contribution in [1.82, 2.24) is 0 Å². The van der Waals surface area contributed by atoms with Crippen LogP contribution in [0, 0.1) is 0 Å². The minimum Gasteiger partial charge on any atom is -0.481 e. The average Bonchev–Trinajstić information content (AvgIpc) is 2.61. The second-order valence-electron chi connectivity index (χ2n) is 6.21. The Morgan fingerprint density at radius 2 is 1.50 bits per heavy atom.